The van der Waals surface area contributed by atoms with Gasteiger partial charge in [-0.3, -0.25) is 0 Å². The molecule has 0 bridgehead atoms. The molecule has 0 saturated heterocycles. The van der Waals surface area contributed by atoms with Crippen LogP contribution < -0.4 is 0 Å². The van der Waals surface area contributed by atoms with Gasteiger partial charge in [-0.15, -0.1) is 13.2 Å². The van der Waals surface area contributed by atoms with Gasteiger partial charge in [-0.2, -0.15) is 0 Å². The number of rotatable bonds is 7. The van der Waals surface area contributed by atoms with Crippen molar-refractivity contribution < 1.29 is 9.47 Å². The first kappa shape index (κ1) is 10.4. The Kier molecular flexibility index (Phi) is 7.10. The maximum Gasteiger partial charge on any atom is 0.0846 e. The van der Waals surface area contributed by atoms with Crippen LogP contribution in [0.25, 0.3) is 0 Å². The molecule has 1 unspecified atom stereocenters. The summed E-state index contributed by atoms with van der Waals surface area (Å²) in [6.45, 7) is 8.37. The van der Waals surface area contributed by atoms with Gasteiger partial charge in [0.15, 0.2) is 0 Å². The first-order valence-electron chi connectivity index (χ1n) is 3.67. The number of hydrogen-bond donors (Lipinski definition) is 0. The van der Waals surface area contributed by atoms with Crippen molar-refractivity contribution in [2.75, 3.05) is 20.3 Å². The highest BCUT2D eigenvalue weighted by Crippen LogP contribution is 1.99. The van der Waals surface area contributed by atoms with Gasteiger partial charge in [0.2, 0.25) is 0 Å². The Morgan fingerprint density at radius 2 is 2.09 bits per heavy atom. The van der Waals surface area contributed by atoms with Gasteiger partial charge < -0.3 is 9.47 Å². The van der Waals surface area contributed by atoms with Crippen molar-refractivity contribution in [3.63, 3.8) is 0 Å². The number of methoxy groups -OCH3 is 1. The third kappa shape index (κ3) is 5.83. The van der Waals surface area contributed by atoms with Crippen LogP contribution >= 0.6 is 0 Å². The van der Waals surface area contributed by atoms with Crippen LogP contribution in [-0.2, 0) is 9.47 Å². The van der Waals surface area contributed by atoms with E-state index < -0.39 is 0 Å². The summed E-state index contributed by atoms with van der Waals surface area (Å²) in [5, 5.41) is 0. The van der Waals surface area contributed by atoms with Gasteiger partial charge in [-0.1, -0.05) is 12.2 Å². The van der Waals surface area contributed by atoms with E-state index in [1.807, 2.05) is 6.08 Å². The maximum atomic E-state index is 5.36. The first-order chi connectivity index (χ1) is 5.35. The molecular weight excluding hydrogens is 140 g/mol. The van der Waals surface area contributed by atoms with E-state index in [9.17, 15) is 0 Å². The van der Waals surface area contributed by atoms with Crippen molar-refractivity contribution >= 4 is 0 Å². The highest BCUT2D eigenvalue weighted by molar-refractivity contribution is 4.75. The summed E-state index contributed by atoms with van der Waals surface area (Å²) < 4.78 is 10.3. The minimum Gasteiger partial charge on any atom is -0.382 e. The van der Waals surface area contributed by atoms with E-state index in [0.717, 1.165) is 6.42 Å². The van der Waals surface area contributed by atoms with E-state index in [1.165, 1.54) is 0 Å². The van der Waals surface area contributed by atoms with Gasteiger partial charge in [0.1, 0.15) is 0 Å². The van der Waals surface area contributed by atoms with E-state index in [1.54, 1.807) is 13.2 Å². The Labute approximate surface area is 68.5 Å². The summed E-state index contributed by atoms with van der Waals surface area (Å²) in [6, 6.07) is 0. The number of ether oxygens (including phenoxy) is 2. The predicted molar refractivity (Wildman–Crippen MR) is 46.6 cm³/mol. The lowest BCUT2D eigenvalue weighted by molar-refractivity contribution is 0.0135. The summed E-state index contributed by atoms with van der Waals surface area (Å²) >= 11 is 0. The second kappa shape index (κ2) is 7.51. The van der Waals surface area contributed by atoms with Gasteiger partial charge in [-0.25, -0.2) is 0 Å². The Hall–Kier alpha value is -0.600. The molecule has 2 heteroatoms. The fraction of sp³-hybridized carbons (Fsp3) is 0.556. The van der Waals surface area contributed by atoms with Crippen molar-refractivity contribution in [2.24, 2.45) is 0 Å². The summed E-state index contributed by atoms with van der Waals surface area (Å²) in [6.07, 6.45) is 4.50. The molecule has 0 aliphatic heterocycles. The third-order valence-corrected chi connectivity index (χ3v) is 1.23. The number of hydrogen-bond acceptors (Lipinski definition) is 2. The molecule has 0 heterocycles. The van der Waals surface area contributed by atoms with Crippen LogP contribution in [-0.4, -0.2) is 26.4 Å². The molecule has 0 aliphatic carbocycles. The average molecular weight is 156 g/mol. The van der Waals surface area contributed by atoms with Gasteiger partial charge in [-0.05, 0) is 6.42 Å². The van der Waals surface area contributed by atoms with Crippen molar-refractivity contribution in [1.29, 1.82) is 0 Å². The molecule has 0 amide bonds. The molecule has 0 aromatic carbocycles. The third-order valence-electron chi connectivity index (χ3n) is 1.23. The second-order valence-electron chi connectivity index (χ2n) is 2.22. The predicted octanol–water partition coefficient (Wildman–Crippen LogP) is 1.78. The summed E-state index contributed by atoms with van der Waals surface area (Å²) in [5.41, 5.74) is 0. The summed E-state index contributed by atoms with van der Waals surface area (Å²) in [4.78, 5) is 0. The van der Waals surface area contributed by atoms with Crippen LogP contribution in [0, 0.1) is 0 Å². The first-order valence-corrected chi connectivity index (χ1v) is 3.67. The lowest BCUT2D eigenvalue weighted by Crippen LogP contribution is -2.18. The molecule has 0 N–H and O–H groups in total. The molecule has 0 spiro atoms. The zero-order chi connectivity index (χ0) is 8.53. The second-order valence-corrected chi connectivity index (χ2v) is 2.22. The minimum atomic E-state index is 0.121. The highest BCUT2D eigenvalue weighted by atomic mass is 16.5. The largest absolute Gasteiger partial charge is 0.382 e. The topological polar surface area (TPSA) is 18.5 Å². The molecule has 0 radical (unpaired) electrons. The van der Waals surface area contributed by atoms with Crippen LogP contribution in [0.15, 0.2) is 25.3 Å². The molecule has 2 nitrogen and oxygen atoms in total. The van der Waals surface area contributed by atoms with Gasteiger partial charge in [0.05, 0.1) is 19.3 Å². The normalized spacial score (nSPS) is 12.5. The van der Waals surface area contributed by atoms with Gasteiger partial charge in [0, 0.05) is 7.11 Å². The van der Waals surface area contributed by atoms with Crippen LogP contribution in [0.2, 0.25) is 0 Å². The van der Waals surface area contributed by atoms with Crippen LogP contribution in [0.5, 0.6) is 0 Å². The summed E-state index contributed by atoms with van der Waals surface area (Å²) in [7, 11) is 1.66. The Balaban J connectivity index is 3.49. The zero-order valence-corrected chi connectivity index (χ0v) is 7.08. The molecule has 1 atom stereocenters. The average Bonchev–Trinajstić information content (AvgIpc) is 2.01. The maximum absolute atomic E-state index is 5.36. The fourth-order valence-corrected chi connectivity index (χ4v) is 0.760. The molecule has 64 valence electrons. The molecule has 0 fully saturated rings. The van der Waals surface area contributed by atoms with Crippen LogP contribution in [0.4, 0.5) is 0 Å². The van der Waals surface area contributed by atoms with E-state index in [0.29, 0.717) is 13.2 Å². The molecule has 0 aliphatic rings. The van der Waals surface area contributed by atoms with Crippen molar-refractivity contribution in [3.8, 4) is 0 Å². The standard InChI is InChI=1S/C9H16O2/c1-4-6-9(8-10-3)11-7-5-2/h4-5,9H,1-2,6-8H2,3H3. The van der Waals surface area contributed by atoms with E-state index in [4.69, 9.17) is 9.47 Å². The smallest absolute Gasteiger partial charge is 0.0846 e. The Morgan fingerprint density at radius 1 is 1.36 bits per heavy atom. The zero-order valence-electron chi connectivity index (χ0n) is 7.08. The Morgan fingerprint density at radius 3 is 2.55 bits per heavy atom. The van der Waals surface area contributed by atoms with Crippen molar-refractivity contribution in [1.82, 2.24) is 0 Å². The van der Waals surface area contributed by atoms with Gasteiger partial charge in [0.25, 0.3) is 0 Å². The molecule has 0 rings (SSSR count). The Bertz CT molecular complexity index is 110. The molecule has 11 heavy (non-hydrogen) atoms. The lowest BCUT2D eigenvalue weighted by atomic mass is 10.2. The highest BCUT2D eigenvalue weighted by Gasteiger charge is 2.04. The summed E-state index contributed by atoms with van der Waals surface area (Å²) in [5.74, 6) is 0. The molecule has 0 saturated carbocycles. The van der Waals surface area contributed by atoms with E-state index in [-0.39, 0.29) is 6.10 Å². The van der Waals surface area contributed by atoms with Crippen LogP contribution in [0.1, 0.15) is 6.42 Å². The van der Waals surface area contributed by atoms with Crippen molar-refractivity contribution in [2.45, 2.75) is 12.5 Å². The fourth-order valence-electron chi connectivity index (χ4n) is 0.760. The van der Waals surface area contributed by atoms with E-state index in [2.05, 4.69) is 13.2 Å². The quantitative estimate of drug-likeness (QED) is 0.523. The molecular formula is C9H16O2. The monoisotopic (exact) mass is 156 g/mol. The van der Waals surface area contributed by atoms with Crippen LogP contribution in [0.3, 0.4) is 0 Å². The lowest BCUT2D eigenvalue weighted by Gasteiger charge is -2.13. The molecule has 0 aromatic heterocycles. The van der Waals surface area contributed by atoms with E-state index >= 15 is 0 Å². The SMILES string of the molecule is C=CCOC(CC=C)COC. The molecule has 0 aromatic rings. The van der Waals surface area contributed by atoms with Gasteiger partial charge >= 0.3 is 0 Å². The minimum absolute atomic E-state index is 0.121. The van der Waals surface area contributed by atoms with Crippen molar-refractivity contribution in [3.05, 3.63) is 25.3 Å².